The minimum Gasteiger partial charge on any atom is -0.512 e. The third kappa shape index (κ3) is 4.43. The third-order valence-corrected chi connectivity index (χ3v) is 5.39. The maximum absolute atomic E-state index is 14.5. The molecule has 164 valence electrons. The number of aromatic amines is 2. The molecule has 0 aliphatic rings. The topological polar surface area (TPSA) is 95.2 Å². The van der Waals surface area contributed by atoms with Crippen molar-refractivity contribution in [3.05, 3.63) is 74.3 Å². The fraction of sp³-hybridized carbons (Fsp3) is 0.158. The van der Waals surface area contributed by atoms with Crippen molar-refractivity contribution in [2.75, 3.05) is 12.9 Å². The van der Waals surface area contributed by atoms with Crippen molar-refractivity contribution < 1.29 is 31.8 Å². The van der Waals surface area contributed by atoms with E-state index in [1.807, 2.05) is 4.98 Å². The zero-order chi connectivity index (χ0) is 22.9. The fourth-order valence-corrected chi connectivity index (χ4v) is 4.04. The van der Waals surface area contributed by atoms with Crippen molar-refractivity contribution >= 4 is 22.7 Å². The highest BCUT2D eigenvalue weighted by molar-refractivity contribution is 7.99. The Hall–Kier alpha value is -3.28. The Balaban J connectivity index is 2.48. The lowest BCUT2D eigenvalue weighted by Gasteiger charge is -2.19. The lowest BCUT2D eigenvalue weighted by atomic mass is 9.96. The molecule has 0 bridgehead atoms. The third-order valence-electron chi connectivity index (χ3n) is 4.26. The molecule has 31 heavy (non-hydrogen) atoms. The van der Waals surface area contributed by atoms with E-state index in [0.717, 1.165) is 12.1 Å². The van der Waals surface area contributed by atoms with Gasteiger partial charge in [-0.05, 0) is 18.2 Å². The second-order valence-electron chi connectivity index (χ2n) is 6.17. The number of ether oxygens (including phenoxy) is 1. The Morgan fingerprint density at radius 3 is 2.48 bits per heavy atom. The smallest absolute Gasteiger partial charge is 0.417 e. The number of hydrogen-bond donors (Lipinski definition) is 3. The number of benzene rings is 2. The van der Waals surface area contributed by atoms with Crippen LogP contribution in [0.15, 0.2) is 50.8 Å². The molecule has 0 fully saturated rings. The molecule has 2 aromatic carbocycles. The Morgan fingerprint density at radius 2 is 1.90 bits per heavy atom. The van der Waals surface area contributed by atoms with Gasteiger partial charge in [0.25, 0.3) is 5.56 Å². The molecule has 6 nitrogen and oxygen atoms in total. The molecular formula is C19H13F5N2O4S. The summed E-state index contributed by atoms with van der Waals surface area (Å²) in [6.07, 6.45) is -4.45. The van der Waals surface area contributed by atoms with E-state index in [2.05, 4.69) is 4.98 Å². The van der Waals surface area contributed by atoms with Crippen molar-refractivity contribution in [3.8, 4) is 11.1 Å². The zero-order valence-electron chi connectivity index (χ0n) is 15.6. The molecule has 0 radical (unpaired) electrons. The van der Waals surface area contributed by atoms with Gasteiger partial charge in [-0.15, -0.1) is 11.8 Å². The highest BCUT2D eigenvalue weighted by Crippen LogP contribution is 2.46. The molecule has 0 saturated heterocycles. The predicted octanol–water partition coefficient (Wildman–Crippen LogP) is 4.32. The highest BCUT2D eigenvalue weighted by Gasteiger charge is 2.37. The van der Waals surface area contributed by atoms with Crippen LogP contribution in [0.25, 0.3) is 22.0 Å². The number of methoxy groups -OCH3 is 1. The summed E-state index contributed by atoms with van der Waals surface area (Å²) in [5.41, 5.74) is -5.00. The maximum Gasteiger partial charge on any atom is 0.417 e. The molecule has 3 aromatic rings. The van der Waals surface area contributed by atoms with Gasteiger partial charge in [0, 0.05) is 22.1 Å². The number of fused-ring (bicyclic) bond motifs is 1. The second kappa shape index (κ2) is 8.46. The zero-order valence-corrected chi connectivity index (χ0v) is 16.4. The number of rotatable bonds is 5. The van der Waals surface area contributed by atoms with Crippen molar-refractivity contribution in [1.29, 1.82) is 0 Å². The van der Waals surface area contributed by atoms with Gasteiger partial charge in [-0.1, -0.05) is 0 Å². The lowest BCUT2D eigenvalue weighted by molar-refractivity contribution is -0.137. The largest absolute Gasteiger partial charge is 0.512 e. The van der Waals surface area contributed by atoms with Crippen molar-refractivity contribution in [2.24, 2.45) is 0 Å². The van der Waals surface area contributed by atoms with E-state index in [9.17, 15) is 31.5 Å². The van der Waals surface area contributed by atoms with Crippen LogP contribution in [0, 0.1) is 11.6 Å². The van der Waals surface area contributed by atoms with Crippen LogP contribution in [0.1, 0.15) is 5.56 Å². The van der Waals surface area contributed by atoms with E-state index < -0.39 is 51.1 Å². The number of hydrogen-bond acceptors (Lipinski definition) is 5. The quantitative estimate of drug-likeness (QED) is 0.300. The number of aliphatic hydroxyl groups excluding tert-OH is 1. The second-order valence-corrected chi connectivity index (χ2v) is 7.15. The van der Waals surface area contributed by atoms with Crippen molar-refractivity contribution in [3.63, 3.8) is 0 Å². The van der Waals surface area contributed by atoms with Gasteiger partial charge in [-0.2, -0.15) is 13.2 Å². The van der Waals surface area contributed by atoms with Crippen molar-refractivity contribution in [2.45, 2.75) is 11.1 Å². The molecule has 3 rings (SSSR count). The molecule has 0 atom stereocenters. The summed E-state index contributed by atoms with van der Waals surface area (Å²) >= 11 is 0.653. The molecule has 1 aromatic heterocycles. The molecule has 12 heteroatoms. The molecule has 0 aliphatic carbocycles. The number of alkyl halides is 3. The monoisotopic (exact) mass is 460 g/mol. The fourth-order valence-electron chi connectivity index (χ4n) is 2.90. The number of aromatic nitrogens is 2. The Kier molecular flexibility index (Phi) is 6.11. The van der Waals surface area contributed by atoms with E-state index in [0.29, 0.717) is 30.2 Å². The molecule has 0 unspecified atom stereocenters. The summed E-state index contributed by atoms with van der Waals surface area (Å²) in [5.74, 6) is -2.55. The lowest BCUT2D eigenvalue weighted by Crippen LogP contribution is -2.23. The summed E-state index contributed by atoms with van der Waals surface area (Å²) in [5, 5.41) is 8.66. The van der Waals surface area contributed by atoms with Gasteiger partial charge < -0.3 is 14.8 Å². The van der Waals surface area contributed by atoms with E-state index in [1.165, 1.54) is 7.11 Å². The minimum atomic E-state index is -5.03. The Labute approximate surface area is 174 Å². The van der Waals surface area contributed by atoms with Crippen LogP contribution >= 0.6 is 11.8 Å². The van der Waals surface area contributed by atoms with E-state index >= 15 is 0 Å². The summed E-state index contributed by atoms with van der Waals surface area (Å²) in [4.78, 5) is 27.8. The van der Waals surface area contributed by atoms with Gasteiger partial charge in [-0.25, -0.2) is 13.6 Å². The van der Waals surface area contributed by atoms with Crippen LogP contribution in [0.3, 0.4) is 0 Å². The Bertz CT molecular complexity index is 1300. The van der Waals surface area contributed by atoms with Gasteiger partial charge in [-0.3, -0.25) is 9.78 Å². The summed E-state index contributed by atoms with van der Waals surface area (Å²) in [6.45, 7) is 0. The normalized spacial score (nSPS) is 12.4. The van der Waals surface area contributed by atoms with Gasteiger partial charge >= 0.3 is 11.9 Å². The van der Waals surface area contributed by atoms with Gasteiger partial charge in [0.15, 0.2) is 0 Å². The maximum atomic E-state index is 14.5. The molecule has 3 N–H and O–H groups in total. The van der Waals surface area contributed by atoms with Crippen molar-refractivity contribution in [1.82, 2.24) is 9.97 Å². The molecule has 0 spiro atoms. The van der Waals surface area contributed by atoms with Gasteiger partial charge in [0.1, 0.15) is 23.7 Å². The highest BCUT2D eigenvalue weighted by atomic mass is 32.2. The molecule has 0 amide bonds. The first-order valence-corrected chi connectivity index (χ1v) is 9.41. The SMILES string of the molecule is CO/C(=C\O)CSc1c(-c2ccc(F)cc2F)c(C(F)(F)F)cc2c(=O)[nH]c(=O)[nH]c12. The number of halogens is 5. The van der Waals surface area contributed by atoms with E-state index in [-0.39, 0.29) is 21.9 Å². The average molecular weight is 460 g/mol. The first-order valence-electron chi connectivity index (χ1n) is 8.42. The van der Waals surface area contributed by atoms with Crippen LogP contribution < -0.4 is 11.2 Å². The van der Waals surface area contributed by atoms with Crippen LogP contribution in [0.4, 0.5) is 22.0 Å². The number of H-pyrrole nitrogens is 2. The van der Waals surface area contributed by atoms with Gasteiger partial charge in [0.2, 0.25) is 0 Å². The minimum absolute atomic E-state index is 0.0479. The number of aliphatic hydroxyl groups is 1. The first kappa shape index (κ1) is 22.4. The van der Waals surface area contributed by atoms with Crippen LogP contribution in [-0.4, -0.2) is 27.9 Å². The molecule has 0 aliphatic heterocycles. The average Bonchev–Trinajstić information content (AvgIpc) is 2.68. The van der Waals surface area contributed by atoms with E-state index in [1.54, 1.807) is 0 Å². The molecular weight excluding hydrogens is 447 g/mol. The molecule has 1 heterocycles. The predicted molar refractivity (Wildman–Crippen MR) is 104 cm³/mol. The number of thioether (sulfide) groups is 1. The van der Waals surface area contributed by atoms with Crippen LogP contribution in [0.5, 0.6) is 0 Å². The first-order chi connectivity index (χ1) is 14.6. The summed E-state index contributed by atoms with van der Waals surface area (Å²) < 4.78 is 74.6. The molecule has 0 saturated carbocycles. The summed E-state index contributed by atoms with van der Waals surface area (Å²) in [6, 6.07) is 2.52. The van der Waals surface area contributed by atoms with Crippen LogP contribution in [0.2, 0.25) is 0 Å². The van der Waals surface area contributed by atoms with E-state index in [4.69, 9.17) is 9.84 Å². The van der Waals surface area contributed by atoms with Gasteiger partial charge in [0.05, 0.1) is 29.3 Å². The number of nitrogens with one attached hydrogen (secondary N) is 2. The van der Waals surface area contributed by atoms with Crippen LogP contribution in [-0.2, 0) is 10.9 Å². The standard InChI is InChI=1S/C19H13F5N2O4S/c1-30-9(6-27)7-31-16-14(10-3-2-8(20)4-13(10)21)12(19(22,23)24)5-11-15(16)25-18(29)26-17(11)28/h2-6,27H,7H2,1H3,(H2,25,26,28,29)/b9-6-. The summed E-state index contributed by atoms with van der Waals surface area (Å²) in [7, 11) is 1.21. The Morgan fingerprint density at radius 1 is 1.19 bits per heavy atom.